The summed E-state index contributed by atoms with van der Waals surface area (Å²) in [6, 6.07) is 5.73. The molecule has 0 saturated carbocycles. The van der Waals surface area contributed by atoms with Crippen LogP contribution in [0.5, 0.6) is 5.75 Å². The molecule has 0 fully saturated rings. The average molecular weight is 356 g/mol. The number of nitrogens with zero attached hydrogens (tertiary/aromatic N) is 1. The number of pyridine rings is 1. The van der Waals surface area contributed by atoms with E-state index in [9.17, 15) is 23.1 Å². The first-order valence-corrected chi connectivity index (χ1v) is 8.21. The van der Waals surface area contributed by atoms with Crippen molar-refractivity contribution in [2.45, 2.75) is 18.9 Å². The Morgan fingerprint density at radius 1 is 1.29 bits per heavy atom. The van der Waals surface area contributed by atoms with Gasteiger partial charge in [0.05, 0.1) is 11.1 Å². The molecule has 0 unspecified atom stereocenters. The van der Waals surface area contributed by atoms with Crippen LogP contribution in [0.4, 0.5) is 19.0 Å². The predicted molar refractivity (Wildman–Crippen MR) is 87.1 cm³/mol. The van der Waals surface area contributed by atoms with Gasteiger partial charge in [0, 0.05) is 11.9 Å². The van der Waals surface area contributed by atoms with Gasteiger partial charge in [-0.1, -0.05) is 6.92 Å². The SMILES string of the molecule is CCSCc1ccnc(NC(=O)c2cc(O)ccc2C(F)(F)F)c1. The number of carbonyl (C=O) groups is 1. The minimum atomic E-state index is -4.70. The Morgan fingerprint density at radius 3 is 2.71 bits per heavy atom. The molecule has 0 saturated heterocycles. The summed E-state index contributed by atoms with van der Waals surface area (Å²) in [6.45, 7) is 2.01. The topological polar surface area (TPSA) is 62.2 Å². The molecular weight excluding hydrogens is 341 g/mol. The summed E-state index contributed by atoms with van der Waals surface area (Å²) in [6.07, 6.45) is -3.22. The Labute approximate surface area is 141 Å². The number of aromatic hydroxyl groups is 1. The lowest BCUT2D eigenvalue weighted by atomic mass is 10.1. The van der Waals surface area contributed by atoms with E-state index >= 15 is 0 Å². The van der Waals surface area contributed by atoms with Crippen LogP contribution in [-0.2, 0) is 11.9 Å². The highest BCUT2D eigenvalue weighted by atomic mass is 32.2. The molecule has 0 aliphatic rings. The van der Waals surface area contributed by atoms with Crippen molar-refractivity contribution < 1.29 is 23.1 Å². The maximum Gasteiger partial charge on any atom is 0.417 e. The second-order valence-electron chi connectivity index (χ2n) is 4.87. The second kappa shape index (κ2) is 7.57. The number of aromatic nitrogens is 1. The number of rotatable bonds is 5. The van der Waals surface area contributed by atoms with Gasteiger partial charge in [-0.25, -0.2) is 4.98 Å². The van der Waals surface area contributed by atoms with Crippen molar-refractivity contribution in [3.8, 4) is 5.75 Å². The number of hydrogen-bond donors (Lipinski definition) is 2. The highest BCUT2D eigenvalue weighted by molar-refractivity contribution is 7.98. The van der Waals surface area contributed by atoms with Gasteiger partial charge in [-0.3, -0.25) is 4.79 Å². The van der Waals surface area contributed by atoms with E-state index in [2.05, 4.69) is 10.3 Å². The standard InChI is InChI=1S/C16H15F3N2O2S/c1-2-24-9-10-5-6-20-14(7-10)21-15(23)12-8-11(22)3-4-13(12)16(17,18)19/h3-8,22H,2,9H2,1H3,(H,20,21,23). The molecule has 2 rings (SSSR count). The Hall–Kier alpha value is -2.22. The molecule has 4 nitrogen and oxygen atoms in total. The molecule has 0 aliphatic carbocycles. The molecule has 8 heteroatoms. The molecule has 0 radical (unpaired) electrons. The molecule has 128 valence electrons. The van der Waals surface area contributed by atoms with Crippen LogP contribution in [0.1, 0.15) is 28.4 Å². The highest BCUT2D eigenvalue weighted by Gasteiger charge is 2.35. The van der Waals surface area contributed by atoms with E-state index in [0.717, 1.165) is 23.4 Å². The van der Waals surface area contributed by atoms with Crippen LogP contribution < -0.4 is 5.32 Å². The van der Waals surface area contributed by atoms with Crippen LogP contribution in [0, 0.1) is 0 Å². The van der Waals surface area contributed by atoms with Crippen molar-refractivity contribution in [3.63, 3.8) is 0 Å². The Balaban J connectivity index is 2.26. The molecule has 0 atom stereocenters. The summed E-state index contributed by atoms with van der Waals surface area (Å²) >= 11 is 1.67. The summed E-state index contributed by atoms with van der Waals surface area (Å²) in [4.78, 5) is 16.1. The van der Waals surface area contributed by atoms with Gasteiger partial charge in [-0.15, -0.1) is 0 Å². The van der Waals surface area contributed by atoms with E-state index in [4.69, 9.17) is 0 Å². The van der Waals surface area contributed by atoms with Gasteiger partial charge < -0.3 is 10.4 Å². The lowest BCUT2D eigenvalue weighted by Crippen LogP contribution is -2.19. The van der Waals surface area contributed by atoms with E-state index in [1.54, 1.807) is 23.9 Å². The molecule has 2 N–H and O–H groups in total. The number of nitrogens with one attached hydrogen (secondary N) is 1. The lowest BCUT2D eigenvalue weighted by molar-refractivity contribution is -0.137. The number of phenolic OH excluding ortho intramolecular Hbond substituents is 1. The zero-order chi connectivity index (χ0) is 17.7. The molecule has 24 heavy (non-hydrogen) atoms. The molecule has 1 amide bonds. The minimum absolute atomic E-state index is 0.158. The summed E-state index contributed by atoms with van der Waals surface area (Å²) in [7, 11) is 0. The fourth-order valence-electron chi connectivity index (χ4n) is 2.00. The van der Waals surface area contributed by atoms with E-state index in [1.165, 1.54) is 6.20 Å². The number of alkyl halides is 3. The molecule has 1 heterocycles. The molecule has 2 aromatic rings. The van der Waals surface area contributed by atoms with Crippen LogP contribution in [0.2, 0.25) is 0 Å². The predicted octanol–water partition coefficient (Wildman–Crippen LogP) is 4.31. The lowest BCUT2D eigenvalue weighted by Gasteiger charge is -2.13. The van der Waals surface area contributed by atoms with Crippen LogP contribution in [0.3, 0.4) is 0 Å². The number of anilines is 1. The van der Waals surface area contributed by atoms with Gasteiger partial charge in [-0.2, -0.15) is 24.9 Å². The highest BCUT2D eigenvalue weighted by Crippen LogP contribution is 2.34. The van der Waals surface area contributed by atoms with Crippen molar-refractivity contribution in [3.05, 3.63) is 53.2 Å². The zero-order valence-corrected chi connectivity index (χ0v) is 13.5. The summed E-state index contributed by atoms with van der Waals surface area (Å²) in [5.74, 6) is 0.384. The van der Waals surface area contributed by atoms with Crippen LogP contribution >= 0.6 is 11.8 Å². The van der Waals surface area contributed by atoms with Crippen molar-refractivity contribution in [2.75, 3.05) is 11.1 Å². The second-order valence-corrected chi connectivity index (χ2v) is 6.14. The number of phenols is 1. The number of hydrogen-bond acceptors (Lipinski definition) is 4. The third-order valence-electron chi connectivity index (χ3n) is 3.09. The smallest absolute Gasteiger partial charge is 0.417 e. The number of benzene rings is 1. The maximum atomic E-state index is 13.0. The minimum Gasteiger partial charge on any atom is -0.508 e. The van der Waals surface area contributed by atoms with E-state index in [0.29, 0.717) is 11.8 Å². The normalized spacial score (nSPS) is 11.3. The monoisotopic (exact) mass is 356 g/mol. The van der Waals surface area contributed by atoms with Gasteiger partial charge in [0.1, 0.15) is 11.6 Å². The Bertz CT molecular complexity index is 736. The number of amides is 1. The van der Waals surface area contributed by atoms with Crippen molar-refractivity contribution in [1.82, 2.24) is 4.98 Å². The van der Waals surface area contributed by atoms with Gasteiger partial charge in [0.25, 0.3) is 5.91 Å². The first-order chi connectivity index (χ1) is 11.3. The van der Waals surface area contributed by atoms with Crippen LogP contribution in [0.15, 0.2) is 36.5 Å². The van der Waals surface area contributed by atoms with E-state index in [-0.39, 0.29) is 5.82 Å². The fraction of sp³-hybridized carbons (Fsp3) is 0.250. The Kier molecular flexibility index (Phi) is 5.71. The van der Waals surface area contributed by atoms with Gasteiger partial charge in [0.2, 0.25) is 0 Å². The van der Waals surface area contributed by atoms with Crippen LogP contribution in [-0.4, -0.2) is 21.8 Å². The summed E-state index contributed by atoms with van der Waals surface area (Å²) in [5.41, 5.74) is -0.868. The van der Waals surface area contributed by atoms with Gasteiger partial charge in [0.15, 0.2) is 0 Å². The Morgan fingerprint density at radius 2 is 2.04 bits per heavy atom. The summed E-state index contributed by atoms with van der Waals surface area (Å²) < 4.78 is 39.0. The molecular formula is C16H15F3N2O2S. The van der Waals surface area contributed by atoms with Gasteiger partial charge >= 0.3 is 6.18 Å². The van der Waals surface area contributed by atoms with Crippen molar-refractivity contribution in [1.29, 1.82) is 0 Å². The van der Waals surface area contributed by atoms with Crippen LogP contribution in [0.25, 0.3) is 0 Å². The van der Waals surface area contributed by atoms with Gasteiger partial charge in [-0.05, 0) is 41.6 Å². The third kappa shape index (κ3) is 4.64. The molecule has 0 aliphatic heterocycles. The first-order valence-electron chi connectivity index (χ1n) is 7.05. The largest absolute Gasteiger partial charge is 0.508 e. The molecule has 1 aromatic carbocycles. The van der Waals surface area contributed by atoms with Crippen molar-refractivity contribution in [2.24, 2.45) is 0 Å². The maximum absolute atomic E-state index is 13.0. The van der Waals surface area contributed by atoms with E-state index in [1.807, 2.05) is 6.92 Å². The number of carbonyl (C=O) groups excluding carboxylic acids is 1. The van der Waals surface area contributed by atoms with Crippen molar-refractivity contribution >= 4 is 23.5 Å². The molecule has 0 spiro atoms. The zero-order valence-electron chi connectivity index (χ0n) is 12.7. The number of halogens is 3. The fourth-order valence-corrected chi connectivity index (χ4v) is 2.62. The molecule has 0 bridgehead atoms. The average Bonchev–Trinajstić information content (AvgIpc) is 2.52. The van der Waals surface area contributed by atoms with E-state index < -0.39 is 29.0 Å². The summed E-state index contributed by atoms with van der Waals surface area (Å²) in [5, 5.41) is 11.7. The number of thioether (sulfide) groups is 1. The molecule has 1 aromatic heterocycles. The third-order valence-corrected chi connectivity index (χ3v) is 4.04. The quantitative estimate of drug-likeness (QED) is 0.838. The first kappa shape index (κ1) is 18.1.